The number of aromatic nitrogens is 2. The number of carbonyl (C=O) groups excluding carboxylic acids is 1. The molecule has 0 bridgehead atoms. The quantitative estimate of drug-likeness (QED) is 0.837. The predicted octanol–water partition coefficient (Wildman–Crippen LogP) is 1.38. The molecule has 0 atom stereocenters. The number of carbonyl (C=O) groups is 1. The highest BCUT2D eigenvalue weighted by atomic mass is 16.1. The monoisotopic (exact) mass is 310 g/mol. The van der Waals surface area contributed by atoms with E-state index in [1.165, 1.54) is 0 Å². The number of nitrogens with one attached hydrogen (secondary N) is 2. The summed E-state index contributed by atoms with van der Waals surface area (Å²) in [5, 5.41) is 22.6. The Hall–Kier alpha value is -2.98. The standard InChI is InChI=1S/C16H18N6O/c1-22(2)9-8-18-16(23)14-6-7-15(21-20-14)19-13-5-3-4-12(10-13)11-17/h3-7,10H,8-9H2,1-2H3,(H,18,23)(H,19,21). The van der Waals surface area contributed by atoms with Gasteiger partial charge in [-0.1, -0.05) is 6.07 Å². The van der Waals surface area contributed by atoms with E-state index in [-0.39, 0.29) is 11.6 Å². The molecule has 2 rings (SSSR count). The number of nitrogens with zero attached hydrogens (tertiary/aromatic N) is 4. The summed E-state index contributed by atoms with van der Waals surface area (Å²) >= 11 is 0. The van der Waals surface area contributed by atoms with Crippen molar-refractivity contribution in [1.29, 1.82) is 5.26 Å². The molecular weight excluding hydrogens is 292 g/mol. The molecule has 0 aliphatic carbocycles. The Labute approximate surface area is 134 Å². The van der Waals surface area contributed by atoms with Crippen molar-refractivity contribution in [3.8, 4) is 6.07 Å². The fraction of sp³-hybridized carbons (Fsp3) is 0.250. The number of nitriles is 1. The maximum absolute atomic E-state index is 11.9. The molecule has 0 saturated heterocycles. The summed E-state index contributed by atoms with van der Waals surface area (Å²) in [6.07, 6.45) is 0. The van der Waals surface area contributed by atoms with Gasteiger partial charge in [-0.25, -0.2) is 0 Å². The molecule has 2 aromatic rings. The molecule has 118 valence electrons. The fourth-order valence-corrected chi connectivity index (χ4v) is 1.82. The zero-order chi connectivity index (χ0) is 16.7. The van der Waals surface area contributed by atoms with Gasteiger partial charge >= 0.3 is 0 Å². The molecule has 0 spiro atoms. The highest BCUT2D eigenvalue weighted by Crippen LogP contribution is 2.15. The minimum atomic E-state index is -0.252. The van der Waals surface area contributed by atoms with Crippen LogP contribution in [-0.2, 0) is 0 Å². The van der Waals surface area contributed by atoms with Gasteiger partial charge in [0.15, 0.2) is 11.5 Å². The van der Waals surface area contributed by atoms with Gasteiger partial charge in [-0.2, -0.15) is 5.26 Å². The van der Waals surface area contributed by atoms with Crippen LogP contribution in [-0.4, -0.2) is 48.2 Å². The number of hydrogen-bond acceptors (Lipinski definition) is 6. The van der Waals surface area contributed by atoms with Crippen molar-refractivity contribution in [3.63, 3.8) is 0 Å². The SMILES string of the molecule is CN(C)CCNC(=O)c1ccc(Nc2cccc(C#N)c2)nn1. The number of rotatable bonds is 6. The van der Waals surface area contributed by atoms with Crippen molar-refractivity contribution < 1.29 is 4.79 Å². The average molecular weight is 310 g/mol. The van der Waals surface area contributed by atoms with Crippen molar-refractivity contribution >= 4 is 17.4 Å². The number of anilines is 2. The van der Waals surface area contributed by atoms with E-state index in [1.807, 2.05) is 25.1 Å². The van der Waals surface area contributed by atoms with Crippen molar-refractivity contribution in [2.75, 3.05) is 32.5 Å². The van der Waals surface area contributed by atoms with Crippen LogP contribution in [0.3, 0.4) is 0 Å². The van der Waals surface area contributed by atoms with E-state index in [2.05, 4.69) is 26.9 Å². The lowest BCUT2D eigenvalue weighted by atomic mass is 10.2. The summed E-state index contributed by atoms with van der Waals surface area (Å²) in [6.45, 7) is 1.31. The summed E-state index contributed by atoms with van der Waals surface area (Å²) in [5.74, 6) is 0.252. The fourth-order valence-electron chi connectivity index (χ4n) is 1.82. The first-order valence-corrected chi connectivity index (χ1v) is 7.12. The van der Waals surface area contributed by atoms with E-state index >= 15 is 0 Å². The van der Waals surface area contributed by atoms with Gasteiger partial charge in [0.25, 0.3) is 5.91 Å². The zero-order valence-corrected chi connectivity index (χ0v) is 13.1. The molecule has 7 heteroatoms. The van der Waals surface area contributed by atoms with Crippen LogP contribution in [0.1, 0.15) is 16.1 Å². The second-order valence-corrected chi connectivity index (χ2v) is 5.18. The molecule has 23 heavy (non-hydrogen) atoms. The number of amides is 1. The van der Waals surface area contributed by atoms with E-state index in [4.69, 9.17) is 5.26 Å². The third kappa shape index (κ3) is 5.05. The Morgan fingerprint density at radius 1 is 1.26 bits per heavy atom. The Bertz CT molecular complexity index is 705. The summed E-state index contributed by atoms with van der Waals surface area (Å²) in [7, 11) is 3.88. The van der Waals surface area contributed by atoms with Crippen LogP contribution in [0, 0.1) is 11.3 Å². The molecule has 2 N–H and O–H groups in total. The van der Waals surface area contributed by atoms with Crippen molar-refractivity contribution in [1.82, 2.24) is 20.4 Å². The first-order valence-electron chi connectivity index (χ1n) is 7.12. The molecule has 7 nitrogen and oxygen atoms in total. The average Bonchev–Trinajstić information content (AvgIpc) is 2.55. The van der Waals surface area contributed by atoms with Gasteiger partial charge in [0.1, 0.15) is 0 Å². The minimum absolute atomic E-state index is 0.252. The third-order valence-electron chi connectivity index (χ3n) is 3.01. The molecule has 0 unspecified atom stereocenters. The van der Waals surface area contributed by atoms with Crippen LogP contribution in [0.2, 0.25) is 0 Å². The van der Waals surface area contributed by atoms with Gasteiger partial charge in [0.2, 0.25) is 0 Å². The van der Waals surface area contributed by atoms with Gasteiger partial charge in [0.05, 0.1) is 11.6 Å². The normalized spacial score (nSPS) is 10.2. The molecule has 0 saturated carbocycles. The van der Waals surface area contributed by atoms with Crippen LogP contribution < -0.4 is 10.6 Å². The number of benzene rings is 1. The molecule has 0 radical (unpaired) electrons. The maximum atomic E-state index is 11.9. The number of hydrogen-bond donors (Lipinski definition) is 2. The first-order chi connectivity index (χ1) is 11.1. The highest BCUT2D eigenvalue weighted by Gasteiger charge is 2.08. The van der Waals surface area contributed by atoms with E-state index in [0.29, 0.717) is 17.9 Å². The van der Waals surface area contributed by atoms with E-state index in [1.54, 1.807) is 30.3 Å². The summed E-state index contributed by atoms with van der Waals surface area (Å²) < 4.78 is 0. The Morgan fingerprint density at radius 3 is 2.74 bits per heavy atom. The van der Waals surface area contributed by atoms with Gasteiger partial charge in [-0.15, -0.1) is 10.2 Å². The smallest absolute Gasteiger partial charge is 0.271 e. The summed E-state index contributed by atoms with van der Waals surface area (Å²) in [4.78, 5) is 13.9. The largest absolute Gasteiger partial charge is 0.349 e. The third-order valence-corrected chi connectivity index (χ3v) is 3.01. The second-order valence-electron chi connectivity index (χ2n) is 5.18. The van der Waals surface area contributed by atoms with Crippen LogP contribution in [0.5, 0.6) is 0 Å². The van der Waals surface area contributed by atoms with Crippen LogP contribution >= 0.6 is 0 Å². The van der Waals surface area contributed by atoms with Gasteiger partial charge in [-0.3, -0.25) is 4.79 Å². The molecule has 0 aliphatic rings. The van der Waals surface area contributed by atoms with Gasteiger partial charge < -0.3 is 15.5 Å². The van der Waals surface area contributed by atoms with Gasteiger partial charge in [0, 0.05) is 18.8 Å². The molecule has 1 heterocycles. The van der Waals surface area contributed by atoms with Crippen molar-refractivity contribution in [2.24, 2.45) is 0 Å². The first kappa shape index (κ1) is 16.4. The summed E-state index contributed by atoms with van der Waals surface area (Å²) in [5.41, 5.74) is 1.56. The number of likely N-dealkylation sites (N-methyl/N-ethyl adjacent to an activating group) is 1. The maximum Gasteiger partial charge on any atom is 0.271 e. The Morgan fingerprint density at radius 2 is 2.09 bits per heavy atom. The Balaban J connectivity index is 1.96. The highest BCUT2D eigenvalue weighted by molar-refractivity contribution is 5.92. The lowest BCUT2D eigenvalue weighted by Gasteiger charge is -2.10. The lowest BCUT2D eigenvalue weighted by molar-refractivity contribution is 0.0945. The second kappa shape index (κ2) is 7.87. The minimum Gasteiger partial charge on any atom is -0.349 e. The van der Waals surface area contributed by atoms with E-state index < -0.39 is 0 Å². The topological polar surface area (TPSA) is 93.9 Å². The van der Waals surface area contributed by atoms with Gasteiger partial charge in [-0.05, 0) is 44.4 Å². The zero-order valence-electron chi connectivity index (χ0n) is 13.1. The van der Waals surface area contributed by atoms with Crippen LogP contribution in [0.15, 0.2) is 36.4 Å². The molecule has 0 aliphatic heterocycles. The molecule has 1 aromatic carbocycles. The van der Waals surface area contributed by atoms with Crippen molar-refractivity contribution in [3.05, 3.63) is 47.7 Å². The predicted molar refractivity (Wildman–Crippen MR) is 87.4 cm³/mol. The molecular formula is C16H18N6O. The van der Waals surface area contributed by atoms with E-state index in [0.717, 1.165) is 12.2 Å². The summed E-state index contributed by atoms with van der Waals surface area (Å²) in [6, 6.07) is 12.4. The lowest BCUT2D eigenvalue weighted by Crippen LogP contribution is -2.31. The van der Waals surface area contributed by atoms with E-state index in [9.17, 15) is 4.79 Å². The van der Waals surface area contributed by atoms with Crippen LogP contribution in [0.25, 0.3) is 0 Å². The molecule has 0 fully saturated rings. The Kier molecular flexibility index (Phi) is 5.61. The van der Waals surface area contributed by atoms with Crippen molar-refractivity contribution in [2.45, 2.75) is 0 Å². The molecule has 1 aromatic heterocycles. The van der Waals surface area contributed by atoms with Crippen LogP contribution in [0.4, 0.5) is 11.5 Å². The molecule has 1 amide bonds.